The van der Waals surface area contributed by atoms with Crippen molar-refractivity contribution in [3.63, 3.8) is 0 Å². The molecule has 27 heavy (non-hydrogen) atoms. The summed E-state index contributed by atoms with van der Waals surface area (Å²) in [4.78, 5) is 31.0. The second-order valence-electron chi connectivity index (χ2n) is 7.78. The van der Waals surface area contributed by atoms with Crippen molar-refractivity contribution < 1.29 is 9.59 Å². The summed E-state index contributed by atoms with van der Waals surface area (Å²) in [6, 6.07) is 5.59. The van der Waals surface area contributed by atoms with E-state index in [2.05, 4.69) is 16.3 Å². The number of hydrogen-bond donors (Lipinski definition) is 1. The standard InChI is InChI=1S/C20H24ClN3O2S/c1-3-12(2)24-18(26)20(17(25)22-19(24)27)11-13-14(21)7-6-8-15(13)23-10-5-4-9-16(20)23/h6-8,12,16H,3-5,9-11H2,1-2H3,(H,22,25,27)/t12-,16+,20-/m0/s1. The van der Waals surface area contributed by atoms with Crippen LogP contribution in [0.25, 0.3) is 0 Å². The zero-order valence-electron chi connectivity index (χ0n) is 15.6. The van der Waals surface area contributed by atoms with Crippen LogP contribution in [0.3, 0.4) is 0 Å². The molecule has 1 N–H and O–H groups in total. The van der Waals surface area contributed by atoms with Crippen LogP contribution in [0.1, 0.15) is 45.1 Å². The fourth-order valence-corrected chi connectivity index (χ4v) is 5.42. The van der Waals surface area contributed by atoms with Gasteiger partial charge in [-0.3, -0.25) is 14.5 Å². The largest absolute Gasteiger partial charge is 0.367 e. The second kappa shape index (κ2) is 6.74. The highest BCUT2D eigenvalue weighted by Gasteiger charge is 2.62. The highest BCUT2D eigenvalue weighted by Crippen LogP contribution is 2.49. The number of nitrogens with one attached hydrogen (secondary N) is 1. The summed E-state index contributed by atoms with van der Waals surface area (Å²) in [6.07, 6.45) is 3.95. The van der Waals surface area contributed by atoms with E-state index in [9.17, 15) is 9.59 Å². The molecule has 3 atom stereocenters. The minimum atomic E-state index is -1.18. The van der Waals surface area contributed by atoms with Gasteiger partial charge in [0.1, 0.15) is 0 Å². The molecule has 7 heteroatoms. The number of fused-ring (bicyclic) bond motifs is 4. The monoisotopic (exact) mass is 405 g/mol. The van der Waals surface area contributed by atoms with Gasteiger partial charge in [-0.2, -0.15) is 0 Å². The van der Waals surface area contributed by atoms with Gasteiger partial charge in [0, 0.05) is 29.7 Å². The smallest absolute Gasteiger partial charge is 0.247 e. The molecule has 4 rings (SSSR count). The van der Waals surface area contributed by atoms with E-state index in [4.69, 9.17) is 23.8 Å². The van der Waals surface area contributed by atoms with Crippen molar-refractivity contribution >= 4 is 46.4 Å². The molecular weight excluding hydrogens is 382 g/mol. The fourth-order valence-electron chi connectivity index (χ4n) is 4.83. The molecule has 3 heterocycles. The summed E-state index contributed by atoms with van der Waals surface area (Å²) in [7, 11) is 0. The zero-order valence-corrected chi connectivity index (χ0v) is 17.2. The van der Waals surface area contributed by atoms with E-state index in [1.165, 1.54) is 0 Å². The van der Waals surface area contributed by atoms with Gasteiger partial charge in [0.2, 0.25) is 11.8 Å². The zero-order chi connectivity index (χ0) is 19.3. The Labute approximate surface area is 170 Å². The maximum atomic E-state index is 13.8. The van der Waals surface area contributed by atoms with Crippen LogP contribution in [0.15, 0.2) is 18.2 Å². The summed E-state index contributed by atoms with van der Waals surface area (Å²) in [5.41, 5.74) is 0.767. The third kappa shape index (κ3) is 2.60. The van der Waals surface area contributed by atoms with Crippen molar-refractivity contribution in [2.75, 3.05) is 11.4 Å². The molecule has 0 unspecified atom stereocenters. The van der Waals surface area contributed by atoms with Crippen LogP contribution in [0.2, 0.25) is 5.02 Å². The van der Waals surface area contributed by atoms with E-state index in [-0.39, 0.29) is 29.0 Å². The van der Waals surface area contributed by atoms with Gasteiger partial charge < -0.3 is 10.2 Å². The third-order valence-corrected chi connectivity index (χ3v) is 7.06. The van der Waals surface area contributed by atoms with Crippen molar-refractivity contribution in [2.45, 2.75) is 58.0 Å². The minimum absolute atomic E-state index is 0.0628. The number of nitrogens with zero attached hydrogens (tertiary/aromatic N) is 2. The summed E-state index contributed by atoms with van der Waals surface area (Å²) in [6.45, 7) is 4.81. The van der Waals surface area contributed by atoms with Crippen LogP contribution in [0, 0.1) is 5.41 Å². The fraction of sp³-hybridized carbons (Fsp3) is 0.550. The SMILES string of the molecule is CC[C@H](C)N1C(=O)[C@]2(Cc3c(Cl)cccc3N3CCCC[C@@H]32)C(=O)NC1=S. The molecule has 1 spiro atoms. The Balaban J connectivity index is 1.89. The Morgan fingerprint density at radius 1 is 1.37 bits per heavy atom. The molecule has 144 valence electrons. The van der Waals surface area contributed by atoms with Crippen LogP contribution < -0.4 is 10.2 Å². The molecule has 3 aliphatic heterocycles. The van der Waals surface area contributed by atoms with Crippen LogP contribution in [0.5, 0.6) is 0 Å². The molecular formula is C20H24ClN3O2S. The summed E-state index contributed by atoms with van der Waals surface area (Å²) >= 11 is 11.9. The van der Waals surface area contributed by atoms with Crippen molar-refractivity contribution in [1.82, 2.24) is 10.2 Å². The number of piperidine rings is 1. The predicted molar refractivity (Wildman–Crippen MR) is 110 cm³/mol. The third-order valence-electron chi connectivity index (χ3n) is 6.41. The number of benzene rings is 1. The van der Waals surface area contributed by atoms with Gasteiger partial charge >= 0.3 is 0 Å². The van der Waals surface area contributed by atoms with Crippen LogP contribution in [-0.2, 0) is 16.0 Å². The molecule has 5 nitrogen and oxygen atoms in total. The first kappa shape index (κ1) is 18.7. The van der Waals surface area contributed by atoms with Gasteiger partial charge in [0.15, 0.2) is 10.5 Å². The molecule has 0 aliphatic carbocycles. The van der Waals surface area contributed by atoms with Gasteiger partial charge in [-0.05, 0) is 62.5 Å². The lowest BCUT2D eigenvalue weighted by molar-refractivity contribution is -0.153. The maximum Gasteiger partial charge on any atom is 0.247 e. The molecule has 2 fully saturated rings. The molecule has 0 bridgehead atoms. The van der Waals surface area contributed by atoms with Crippen molar-refractivity contribution in [1.29, 1.82) is 0 Å². The first-order valence-electron chi connectivity index (χ1n) is 9.65. The maximum absolute atomic E-state index is 13.8. The van der Waals surface area contributed by atoms with Gasteiger partial charge in [0.25, 0.3) is 0 Å². The quantitative estimate of drug-likeness (QED) is 0.606. The van der Waals surface area contributed by atoms with E-state index in [0.29, 0.717) is 11.4 Å². The number of hydrogen-bond acceptors (Lipinski definition) is 4. The highest BCUT2D eigenvalue weighted by atomic mass is 35.5. The predicted octanol–water partition coefficient (Wildman–Crippen LogP) is 3.28. The van der Waals surface area contributed by atoms with Crippen molar-refractivity contribution in [3.8, 4) is 0 Å². The van der Waals surface area contributed by atoms with Gasteiger partial charge in [-0.25, -0.2) is 0 Å². The van der Waals surface area contributed by atoms with Crippen LogP contribution in [-0.4, -0.2) is 40.5 Å². The molecule has 0 saturated carbocycles. The Hall–Kier alpha value is -1.66. The lowest BCUT2D eigenvalue weighted by Gasteiger charge is -2.55. The summed E-state index contributed by atoms with van der Waals surface area (Å²) in [5.74, 6) is -0.451. The first-order chi connectivity index (χ1) is 12.9. The Morgan fingerprint density at radius 2 is 2.15 bits per heavy atom. The molecule has 2 saturated heterocycles. The van der Waals surface area contributed by atoms with Gasteiger partial charge in [-0.1, -0.05) is 24.6 Å². The van der Waals surface area contributed by atoms with Crippen molar-refractivity contribution in [2.24, 2.45) is 5.41 Å². The van der Waals surface area contributed by atoms with E-state index >= 15 is 0 Å². The minimum Gasteiger partial charge on any atom is -0.367 e. The lowest BCUT2D eigenvalue weighted by Crippen LogP contribution is -2.73. The lowest BCUT2D eigenvalue weighted by atomic mass is 9.66. The number of halogens is 1. The Bertz CT molecular complexity index is 829. The summed E-state index contributed by atoms with van der Waals surface area (Å²) < 4.78 is 0. The van der Waals surface area contributed by atoms with E-state index in [1.54, 1.807) is 4.90 Å². The number of carbonyl (C=O) groups is 2. The molecule has 0 radical (unpaired) electrons. The number of anilines is 1. The topological polar surface area (TPSA) is 52.7 Å². The average Bonchev–Trinajstić information content (AvgIpc) is 2.66. The molecule has 0 aromatic heterocycles. The molecule has 3 aliphatic rings. The normalized spacial score (nSPS) is 28.7. The molecule has 1 aromatic rings. The first-order valence-corrected chi connectivity index (χ1v) is 10.4. The second-order valence-corrected chi connectivity index (χ2v) is 8.58. The van der Waals surface area contributed by atoms with Gasteiger partial charge in [-0.15, -0.1) is 0 Å². The Kier molecular flexibility index (Phi) is 4.67. The number of amides is 2. The highest BCUT2D eigenvalue weighted by molar-refractivity contribution is 7.80. The number of carbonyl (C=O) groups excluding carboxylic acids is 2. The molecule has 1 aromatic carbocycles. The van der Waals surface area contributed by atoms with Crippen molar-refractivity contribution in [3.05, 3.63) is 28.8 Å². The number of rotatable bonds is 2. The average molecular weight is 406 g/mol. The van der Waals surface area contributed by atoms with Crippen LogP contribution >= 0.6 is 23.8 Å². The van der Waals surface area contributed by atoms with Gasteiger partial charge in [0.05, 0.1) is 6.04 Å². The Morgan fingerprint density at radius 3 is 2.89 bits per heavy atom. The van der Waals surface area contributed by atoms with E-state index in [0.717, 1.165) is 43.5 Å². The van der Waals surface area contributed by atoms with E-state index in [1.807, 2.05) is 26.0 Å². The molecule has 2 amide bonds. The van der Waals surface area contributed by atoms with E-state index < -0.39 is 5.41 Å². The summed E-state index contributed by atoms with van der Waals surface area (Å²) in [5, 5.41) is 3.68. The van der Waals surface area contributed by atoms with Crippen LogP contribution in [0.4, 0.5) is 5.69 Å². The number of thiocarbonyl (C=S) groups is 1.